The number of thiol groups is 1. The van der Waals surface area contributed by atoms with Crippen molar-refractivity contribution in [3.63, 3.8) is 0 Å². The molecule has 2 N–H and O–H groups in total. The molecule has 0 bridgehead atoms. The number of benzene rings is 2. The normalized spacial score (nSPS) is 15.7. The number of rotatable bonds is 11. The van der Waals surface area contributed by atoms with E-state index in [1.165, 1.54) is 20.6 Å². The standard InChI is InChI=1S/C26H34N4O4S/c1-3-14-27-25(31)11-15-28-26(32)19-30(35(33)34)18-21-12-16-29(17-13-21)20(2)23-10-6-8-22-7-4-5-9-24(22)23/h1,4-10,20-21,35H,11-19H2,2H3,(H,27,31)(H,28,32). The number of amides is 2. The fraction of sp³-hybridized carbons (Fsp3) is 0.462. The van der Waals surface area contributed by atoms with Crippen molar-refractivity contribution in [2.24, 2.45) is 5.92 Å². The third kappa shape index (κ3) is 7.79. The van der Waals surface area contributed by atoms with Crippen LogP contribution in [0.15, 0.2) is 42.5 Å². The van der Waals surface area contributed by atoms with E-state index in [0.29, 0.717) is 6.54 Å². The lowest BCUT2D eigenvalue weighted by molar-refractivity contribution is -0.122. The van der Waals surface area contributed by atoms with Crippen molar-refractivity contribution in [3.05, 3.63) is 48.0 Å². The van der Waals surface area contributed by atoms with Crippen molar-refractivity contribution in [2.75, 3.05) is 39.3 Å². The number of carbonyl (C=O) groups is 2. The van der Waals surface area contributed by atoms with Gasteiger partial charge in [0.1, 0.15) is 0 Å². The van der Waals surface area contributed by atoms with E-state index in [1.54, 1.807) is 0 Å². The Morgan fingerprint density at radius 1 is 1.11 bits per heavy atom. The lowest BCUT2D eigenvalue weighted by Crippen LogP contribution is -2.43. The van der Waals surface area contributed by atoms with Crippen molar-refractivity contribution in [3.8, 4) is 12.3 Å². The van der Waals surface area contributed by atoms with E-state index in [2.05, 4.69) is 64.8 Å². The van der Waals surface area contributed by atoms with Gasteiger partial charge in [-0.3, -0.25) is 14.5 Å². The highest BCUT2D eigenvalue weighted by atomic mass is 32.2. The molecule has 0 radical (unpaired) electrons. The van der Waals surface area contributed by atoms with E-state index in [1.807, 2.05) is 6.07 Å². The van der Waals surface area contributed by atoms with Gasteiger partial charge in [0.25, 0.3) is 0 Å². The molecule has 8 nitrogen and oxygen atoms in total. The molecule has 1 unspecified atom stereocenters. The number of hydrogen-bond donors (Lipinski definition) is 3. The number of fused-ring (bicyclic) bond motifs is 1. The minimum Gasteiger partial charge on any atom is -0.354 e. The molecule has 0 spiro atoms. The number of piperidine rings is 1. The molecule has 3 rings (SSSR count). The number of hydrogen-bond acceptors (Lipinski definition) is 5. The molecular formula is C26H34N4O4S. The van der Waals surface area contributed by atoms with Gasteiger partial charge in [0.15, 0.2) is 0 Å². The minimum atomic E-state index is -2.88. The van der Waals surface area contributed by atoms with Crippen LogP contribution in [0.25, 0.3) is 10.8 Å². The third-order valence-electron chi connectivity index (χ3n) is 6.56. The molecule has 1 saturated heterocycles. The van der Waals surface area contributed by atoms with E-state index in [9.17, 15) is 18.0 Å². The number of nitrogens with one attached hydrogen (secondary N) is 2. The highest BCUT2D eigenvalue weighted by Gasteiger charge is 2.27. The quantitative estimate of drug-likeness (QED) is 0.324. The van der Waals surface area contributed by atoms with E-state index in [-0.39, 0.29) is 43.9 Å². The van der Waals surface area contributed by atoms with Crippen LogP contribution in [0, 0.1) is 18.3 Å². The van der Waals surface area contributed by atoms with Gasteiger partial charge in [0.05, 0.1) is 13.1 Å². The van der Waals surface area contributed by atoms with Crippen molar-refractivity contribution in [1.29, 1.82) is 0 Å². The summed E-state index contributed by atoms with van der Waals surface area (Å²) in [5.41, 5.74) is 1.30. The minimum absolute atomic E-state index is 0.0876. The first-order valence-corrected chi connectivity index (χ1v) is 13.1. The summed E-state index contributed by atoms with van der Waals surface area (Å²) in [5.74, 6) is 1.81. The summed E-state index contributed by atoms with van der Waals surface area (Å²) < 4.78 is 24.8. The van der Waals surface area contributed by atoms with Crippen LogP contribution in [-0.4, -0.2) is 68.7 Å². The summed E-state index contributed by atoms with van der Waals surface area (Å²) >= 11 is 0. The molecule has 2 aromatic carbocycles. The third-order valence-corrected chi connectivity index (χ3v) is 7.32. The first-order valence-electron chi connectivity index (χ1n) is 12.0. The Hall–Kier alpha value is -2.93. The molecule has 1 heterocycles. The summed E-state index contributed by atoms with van der Waals surface area (Å²) in [6.07, 6.45) is 6.90. The SMILES string of the molecule is C#CCNC(=O)CCNC(=O)CN(CC1CCN(C(C)c2cccc3ccccc23)CC1)[SH](=O)=O. The van der Waals surface area contributed by atoms with E-state index < -0.39 is 16.8 Å². The Morgan fingerprint density at radius 2 is 1.83 bits per heavy atom. The van der Waals surface area contributed by atoms with Crippen LogP contribution in [0.4, 0.5) is 0 Å². The summed E-state index contributed by atoms with van der Waals surface area (Å²) in [6, 6.07) is 15.1. The zero-order chi connectivity index (χ0) is 25.2. The fourth-order valence-corrected chi connectivity index (χ4v) is 5.20. The Morgan fingerprint density at radius 3 is 2.54 bits per heavy atom. The van der Waals surface area contributed by atoms with Crippen LogP contribution in [0.3, 0.4) is 0 Å². The van der Waals surface area contributed by atoms with E-state index in [4.69, 9.17) is 6.42 Å². The Bertz CT molecular complexity index is 1120. The molecule has 188 valence electrons. The molecule has 1 fully saturated rings. The first kappa shape index (κ1) is 26.7. The summed E-state index contributed by atoms with van der Waals surface area (Å²) in [6.45, 7) is 4.32. The van der Waals surface area contributed by atoms with Gasteiger partial charge in [0, 0.05) is 25.6 Å². The van der Waals surface area contributed by atoms with E-state index >= 15 is 0 Å². The van der Waals surface area contributed by atoms with Crippen molar-refractivity contribution < 1.29 is 18.0 Å². The van der Waals surface area contributed by atoms with Gasteiger partial charge < -0.3 is 10.6 Å². The number of carbonyl (C=O) groups excluding carboxylic acids is 2. The van der Waals surface area contributed by atoms with Gasteiger partial charge >= 0.3 is 0 Å². The smallest absolute Gasteiger partial charge is 0.235 e. The van der Waals surface area contributed by atoms with Gasteiger partial charge in [-0.05, 0) is 55.1 Å². The largest absolute Gasteiger partial charge is 0.354 e. The Balaban J connectivity index is 1.47. The maximum absolute atomic E-state index is 12.2. The lowest BCUT2D eigenvalue weighted by Gasteiger charge is -2.37. The molecule has 1 aliphatic rings. The van der Waals surface area contributed by atoms with Crippen molar-refractivity contribution in [1.82, 2.24) is 19.8 Å². The van der Waals surface area contributed by atoms with E-state index in [0.717, 1.165) is 25.9 Å². The topological polar surface area (TPSA) is 98.8 Å². The van der Waals surface area contributed by atoms with Gasteiger partial charge in [-0.1, -0.05) is 48.4 Å². The number of nitrogens with zero attached hydrogens (tertiary/aromatic N) is 2. The monoisotopic (exact) mass is 498 g/mol. The second-order valence-corrected chi connectivity index (χ2v) is 9.93. The van der Waals surface area contributed by atoms with Crippen molar-refractivity contribution >= 4 is 33.5 Å². The first-order chi connectivity index (χ1) is 16.9. The molecule has 0 aromatic heterocycles. The van der Waals surface area contributed by atoms with Gasteiger partial charge in [-0.2, -0.15) is 4.31 Å². The highest BCUT2D eigenvalue weighted by molar-refractivity contribution is 7.69. The summed E-state index contributed by atoms with van der Waals surface area (Å²) in [4.78, 5) is 26.2. The van der Waals surface area contributed by atoms with Crippen molar-refractivity contribution in [2.45, 2.75) is 32.2 Å². The zero-order valence-electron chi connectivity index (χ0n) is 20.1. The maximum Gasteiger partial charge on any atom is 0.235 e. The molecule has 2 amide bonds. The van der Waals surface area contributed by atoms with Gasteiger partial charge in [-0.25, -0.2) is 8.42 Å². The van der Waals surface area contributed by atoms with Gasteiger partial charge in [0.2, 0.25) is 22.7 Å². The predicted molar refractivity (Wildman–Crippen MR) is 138 cm³/mol. The second-order valence-electron chi connectivity index (χ2n) is 8.89. The second kappa shape index (κ2) is 13.2. The molecule has 9 heteroatoms. The lowest BCUT2D eigenvalue weighted by atomic mass is 9.93. The highest BCUT2D eigenvalue weighted by Crippen LogP contribution is 2.31. The van der Waals surface area contributed by atoms with Crippen LogP contribution in [0.1, 0.15) is 37.8 Å². The molecule has 0 saturated carbocycles. The zero-order valence-corrected chi connectivity index (χ0v) is 21.0. The fourth-order valence-electron chi connectivity index (χ4n) is 4.60. The Kier molecular flexibility index (Phi) is 10.1. The summed E-state index contributed by atoms with van der Waals surface area (Å²) in [5, 5.41) is 7.60. The average Bonchev–Trinajstić information content (AvgIpc) is 2.86. The molecule has 35 heavy (non-hydrogen) atoms. The van der Waals surface area contributed by atoms with Gasteiger partial charge in [-0.15, -0.1) is 6.42 Å². The molecule has 0 aliphatic carbocycles. The number of likely N-dealkylation sites (tertiary alicyclic amines) is 1. The van der Waals surface area contributed by atoms with Crippen LogP contribution in [-0.2, 0) is 20.5 Å². The predicted octanol–water partition coefficient (Wildman–Crippen LogP) is 1.70. The molecule has 2 aromatic rings. The maximum atomic E-state index is 12.2. The molecule has 1 aliphatic heterocycles. The van der Waals surface area contributed by atoms with Crippen LogP contribution >= 0.6 is 0 Å². The van der Waals surface area contributed by atoms with Crippen LogP contribution < -0.4 is 10.6 Å². The summed E-state index contributed by atoms with van der Waals surface area (Å²) in [7, 11) is -2.88. The Labute approximate surface area is 209 Å². The number of terminal acetylenes is 1. The van der Waals surface area contributed by atoms with Crippen LogP contribution in [0.2, 0.25) is 0 Å². The molecular weight excluding hydrogens is 464 g/mol. The molecule has 1 atom stereocenters. The van der Waals surface area contributed by atoms with Crippen LogP contribution in [0.5, 0.6) is 0 Å². The average molecular weight is 499 g/mol.